The molecule has 196 valence electrons. The molecular formula is C21H42ClN3O6S2. The van der Waals surface area contributed by atoms with E-state index < -0.39 is 46.4 Å². The van der Waals surface area contributed by atoms with E-state index in [9.17, 15) is 26.4 Å². The first-order chi connectivity index (χ1) is 13.4. The zero-order valence-corrected chi connectivity index (χ0v) is 21.1. The van der Waals surface area contributed by atoms with Crippen molar-refractivity contribution in [3.05, 3.63) is 0 Å². The number of sulfonamides is 2. The van der Waals surface area contributed by atoms with Crippen LogP contribution in [-0.2, 0) is 29.6 Å². The molecule has 4 aliphatic rings. The van der Waals surface area contributed by atoms with Gasteiger partial charge < -0.3 is 5.73 Å². The Bertz CT molecular complexity index is 911. The largest absolute Gasteiger partial charge is 0.317 e. The van der Waals surface area contributed by atoms with Gasteiger partial charge in [-0.1, -0.05) is 35.6 Å². The Hall–Kier alpha value is -0.910. The number of halogens is 1. The molecule has 4 atom stereocenters. The Morgan fingerprint density at radius 1 is 0.758 bits per heavy atom. The van der Waals surface area contributed by atoms with Gasteiger partial charge in [0.1, 0.15) is 0 Å². The average Bonchev–Trinajstić information content (AvgIpc) is 3.46. The summed E-state index contributed by atoms with van der Waals surface area (Å²) in [4.78, 5) is 23.3. The Labute approximate surface area is 205 Å². The minimum atomic E-state index is -3.53. The van der Waals surface area contributed by atoms with Crippen LogP contribution in [0.3, 0.4) is 0 Å². The molecule has 0 aromatic rings. The van der Waals surface area contributed by atoms with Gasteiger partial charge in [-0.3, -0.25) is 19.0 Å². The SMILES string of the molecule is C.C.C[C@@H]1C[C@]1(C)C(=O)NS(=O)(=O)C1(C)CC1.C[C@@H]1C[C@]1(N)C(=O)NS(=O)(=O)C1(C)CC1.Cl. The number of nitrogens with two attached hydrogens (primary N) is 1. The molecule has 4 rings (SSSR count). The summed E-state index contributed by atoms with van der Waals surface area (Å²) in [7, 11) is -6.98. The van der Waals surface area contributed by atoms with Crippen molar-refractivity contribution in [2.24, 2.45) is 23.0 Å². The Balaban J connectivity index is 0.000000569. The number of hydrogen-bond acceptors (Lipinski definition) is 7. The highest BCUT2D eigenvalue weighted by molar-refractivity contribution is 7.92. The smallest absolute Gasteiger partial charge is 0.253 e. The quantitative estimate of drug-likeness (QED) is 0.475. The van der Waals surface area contributed by atoms with Gasteiger partial charge in [-0.2, -0.15) is 0 Å². The molecule has 0 aromatic heterocycles. The van der Waals surface area contributed by atoms with Crippen molar-refractivity contribution in [3.63, 3.8) is 0 Å². The highest BCUT2D eigenvalue weighted by atomic mass is 35.5. The van der Waals surface area contributed by atoms with Crippen molar-refractivity contribution in [3.8, 4) is 0 Å². The molecular weight excluding hydrogens is 490 g/mol. The standard InChI is InChI=1S/C10H17NO3S.C9H16N2O3S.2CH4.ClH/c1-7-6-10(7,3)8(12)11-15(13,14)9(2)4-5-9;1-6-5-9(6,10)7(12)11-15(13,14)8(2)3-4-8;;;/h7H,4-6H2,1-3H3,(H,11,12);6H,3-5,10H2,1-2H3,(H,11,12);2*1H4;1H/t7-,10+;6-,9-;;;/m11.../s1. The average molecular weight is 532 g/mol. The summed E-state index contributed by atoms with van der Waals surface area (Å²) < 4.78 is 49.9. The van der Waals surface area contributed by atoms with Crippen molar-refractivity contribution in [1.29, 1.82) is 0 Å². The topological polar surface area (TPSA) is 152 Å². The molecule has 0 unspecified atom stereocenters. The number of carbonyl (C=O) groups is 2. The number of nitrogens with one attached hydrogen (secondary N) is 2. The third-order valence-corrected chi connectivity index (χ3v) is 11.9. The van der Waals surface area contributed by atoms with Gasteiger partial charge in [-0.05, 0) is 64.2 Å². The Morgan fingerprint density at radius 2 is 1.06 bits per heavy atom. The normalized spacial score (nSPS) is 33.8. The van der Waals surface area contributed by atoms with Crippen LogP contribution in [0.1, 0.15) is 88.0 Å². The highest BCUT2D eigenvalue weighted by Crippen LogP contribution is 2.52. The van der Waals surface area contributed by atoms with E-state index in [4.69, 9.17) is 5.73 Å². The van der Waals surface area contributed by atoms with Gasteiger partial charge >= 0.3 is 0 Å². The monoisotopic (exact) mass is 531 g/mol. The lowest BCUT2D eigenvalue weighted by molar-refractivity contribution is -0.124. The van der Waals surface area contributed by atoms with Gasteiger partial charge in [0.2, 0.25) is 26.0 Å². The summed E-state index contributed by atoms with van der Waals surface area (Å²) in [5.74, 6) is -0.523. The van der Waals surface area contributed by atoms with Crippen LogP contribution in [0.4, 0.5) is 0 Å². The lowest BCUT2D eigenvalue weighted by atomic mass is 10.1. The lowest BCUT2D eigenvalue weighted by Crippen LogP contribution is -2.49. The molecule has 4 N–H and O–H groups in total. The molecule has 0 aliphatic heterocycles. The number of carbonyl (C=O) groups excluding carboxylic acids is 2. The first-order valence-electron chi connectivity index (χ1n) is 10.3. The summed E-state index contributed by atoms with van der Waals surface area (Å²) in [5.41, 5.74) is 4.31. The van der Waals surface area contributed by atoms with E-state index in [1.807, 2.05) is 20.8 Å². The van der Waals surface area contributed by atoms with Crippen molar-refractivity contribution in [1.82, 2.24) is 9.44 Å². The summed E-state index contributed by atoms with van der Waals surface area (Å²) in [6.45, 7) is 8.94. The van der Waals surface area contributed by atoms with Gasteiger partial charge in [0.25, 0.3) is 5.91 Å². The summed E-state index contributed by atoms with van der Waals surface area (Å²) >= 11 is 0. The summed E-state index contributed by atoms with van der Waals surface area (Å²) in [6, 6.07) is 0. The van der Waals surface area contributed by atoms with Gasteiger partial charge in [-0.25, -0.2) is 16.8 Å². The van der Waals surface area contributed by atoms with E-state index in [2.05, 4.69) is 9.44 Å². The minimum Gasteiger partial charge on any atom is -0.317 e. The van der Waals surface area contributed by atoms with Crippen molar-refractivity contribution in [2.45, 2.75) is 103 Å². The summed E-state index contributed by atoms with van der Waals surface area (Å²) in [6.07, 6.45) is 3.88. The predicted molar refractivity (Wildman–Crippen MR) is 133 cm³/mol. The second kappa shape index (κ2) is 9.28. The van der Waals surface area contributed by atoms with E-state index in [0.717, 1.165) is 6.42 Å². The fourth-order valence-electron chi connectivity index (χ4n) is 3.25. The van der Waals surface area contributed by atoms with Crippen LogP contribution < -0.4 is 15.2 Å². The molecule has 0 radical (unpaired) electrons. The predicted octanol–water partition coefficient (Wildman–Crippen LogP) is 2.45. The maximum absolute atomic E-state index is 11.8. The molecule has 12 heteroatoms. The number of hydrogen-bond donors (Lipinski definition) is 3. The van der Waals surface area contributed by atoms with Crippen LogP contribution in [0.25, 0.3) is 0 Å². The van der Waals surface area contributed by atoms with Gasteiger partial charge in [-0.15, -0.1) is 12.4 Å². The lowest BCUT2D eigenvalue weighted by Gasteiger charge is -2.15. The van der Waals surface area contributed by atoms with Gasteiger partial charge in [0, 0.05) is 0 Å². The molecule has 2 amide bonds. The molecule has 0 heterocycles. The molecule has 4 fully saturated rings. The number of rotatable bonds is 6. The van der Waals surface area contributed by atoms with Crippen molar-refractivity contribution < 1.29 is 26.4 Å². The molecule has 0 bridgehead atoms. The van der Waals surface area contributed by atoms with Crippen LogP contribution in [0.15, 0.2) is 0 Å². The first-order valence-corrected chi connectivity index (χ1v) is 13.3. The molecule has 33 heavy (non-hydrogen) atoms. The maximum Gasteiger partial charge on any atom is 0.253 e. The van der Waals surface area contributed by atoms with Gasteiger partial charge in [0.05, 0.1) is 20.4 Å². The van der Waals surface area contributed by atoms with Crippen LogP contribution in [0.5, 0.6) is 0 Å². The van der Waals surface area contributed by atoms with Gasteiger partial charge in [0.15, 0.2) is 0 Å². The maximum atomic E-state index is 11.8. The molecule has 0 spiro atoms. The minimum absolute atomic E-state index is 0. The fraction of sp³-hybridized carbons (Fsp3) is 0.905. The van der Waals surface area contributed by atoms with E-state index in [1.54, 1.807) is 13.8 Å². The zero-order valence-electron chi connectivity index (χ0n) is 18.6. The van der Waals surface area contributed by atoms with E-state index in [1.165, 1.54) is 0 Å². The van der Waals surface area contributed by atoms with E-state index in [-0.39, 0.29) is 39.1 Å². The van der Waals surface area contributed by atoms with E-state index in [0.29, 0.717) is 38.0 Å². The molecule has 4 aliphatic carbocycles. The molecule has 0 saturated heterocycles. The second-order valence-corrected chi connectivity index (χ2v) is 14.8. The van der Waals surface area contributed by atoms with Crippen LogP contribution in [0, 0.1) is 17.3 Å². The number of amides is 2. The molecule has 9 nitrogen and oxygen atoms in total. The molecule has 0 aromatic carbocycles. The van der Waals surface area contributed by atoms with Crippen LogP contribution in [-0.4, -0.2) is 43.7 Å². The van der Waals surface area contributed by atoms with Crippen molar-refractivity contribution >= 4 is 44.3 Å². The second-order valence-electron chi connectivity index (χ2n) is 10.4. The van der Waals surface area contributed by atoms with Crippen LogP contribution in [0.2, 0.25) is 0 Å². The molecule has 4 saturated carbocycles. The van der Waals surface area contributed by atoms with Crippen LogP contribution >= 0.6 is 12.4 Å². The van der Waals surface area contributed by atoms with E-state index >= 15 is 0 Å². The summed E-state index contributed by atoms with van der Waals surface area (Å²) in [5, 5.41) is 0. The first kappa shape index (κ1) is 32.1. The zero-order chi connectivity index (χ0) is 23.0. The fourth-order valence-corrected chi connectivity index (χ4v) is 5.93. The Morgan fingerprint density at radius 3 is 1.30 bits per heavy atom. The van der Waals surface area contributed by atoms with Crippen molar-refractivity contribution in [2.75, 3.05) is 0 Å². The third-order valence-electron chi connectivity index (χ3n) is 7.62. The Kier molecular flexibility index (Phi) is 9.02. The highest BCUT2D eigenvalue weighted by Gasteiger charge is 2.58. The third kappa shape index (κ3) is 5.85.